The van der Waals surface area contributed by atoms with E-state index in [1.807, 2.05) is 11.8 Å². The Hall–Kier alpha value is -0.470. The molecule has 3 rings (SSSR count). The summed E-state index contributed by atoms with van der Waals surface area (Å²) in [6.45, 7) is 0. The van der Waals surface area contributed by atoms with Gasteiger partial charge in [-0.2, -0.15) is 0 Å². The summed E-state index contributed by atoms with van der Waals surface area (Å²) < 4.78 is 0. The van der Waals surface area contributed by atoms with Crippen molar-refractivity contribution in [2.24, 2.45) is 5.73 Å². The van der Waals surface area contributed by atoms with Crippen LogP contribution in [0.1, 0.15) is 36.8 Å². The molecule has 1 heterocycles. The fourth-order valence-corrected chi connectivity index (χ4v) is 3.65. The number of rotatable bonds is 3. The predicted molar refractivity (Wildman–Crippen MR) is 70.0 cm³/mol. The van der Waals surface area contributed by atoms with Gasteiger partial charge in [-0.25, -0.2) is 0 Å². The third-order valence-corrected chi connectivity index (χ3v) is 5.11. The Kier molecular flexibility index (Phi) is 2.72. The summed E-state index contributed by atoms with van der Waals surface area (Å²) in [6.07, 6.45) is 7.41. The zero-order chi connectivity index (χ0) is 11.0. The molecule has 1 aromatic rings. The second-order valence-electron chi connectivity index (χ2n) is 5.22. The molecule has 0 atom stereocenters. The highest BCUT2D eigenvalue weighted by atomic mass is 32.2. The lowest BCUT2D eigenvalue weighted by molar-refractivity contribution is 0.605. The SMILES string of the molecule is NC1(CCc2cccc3c2SCCC3)CC1. The van der Waals surface area contributed by atoms with Gasteiger partial charge in [-0.15, -0.1) is 11.8 Å². The first kappa shape index (κ1) is 10.7. The summed E-state index contributed by atoms with van der Waals surface area (Å²) >= 11 is 2.05. The number of hydrogen-bond acceptors (Lipinski definition) is 2. The van der Waals surface area contributed by atoms with Gasteiger partial charge in [0.25, 0.3) is 0 Å². The van der Waals surface area contributed by atoms with Crippen molar-refractivity contribution in [3.63, 3.8) is 0 Å². The summed E-state index contributed by atoms with van der Waals surface area (Å²) in [6, 6.07) is 6.80. The molecule has 0 bridgehead atoms. The van der Waals surface area contributed by atoms with E-state index >= 15 is 0 Å². The smallest absolute Gasteiger partial charge is 0.0158 e. The van der Waals surface area contributed by atoms with E-state index in [0.29, 0.717) is 0 Å². The zero-order valence-corrected chi connectivity index (χ0v) is 10.5. The summed E-state index contributed by atoms with van der Waals surface area (Å²) in [5.41, 5.74) is 9.47. The molecule has 1 aromatic carbocycles. The van der Waals surface area contributed by atoms with Crippen LogP contribution < -0.4 is 5.73 Å². The maximum atomic E-state index is 6.16. The molecule has 0 spiro atoms. The zero-order valence-electron chi connectivity index (χ0n) is 9.67. The molecule has 0 saturated heterocycles. The summed E-state index contributed by atoms with van der Waals surface area (Å²) in [5.74, 6) is 1.29. The van der Waals surface area contributed by atoms with Gasteiger partial charge in [0.2, 0.25) is 0 Å². The maximum Gasteiger partial charge on any atom is 0.0158 e. The Morgan fingerprint density at radius 2 is 2.19 bits per heavy atom. The van der Waals surface area contributed by atoms with E-state index in [9.17, 15) is 0 Å². The first-order valence-electron chi connectivity index (χ1n) is 6.29. The second-order valence-corrected chi connectivity index (χ2v) is 6.32. The Labute approximate surface area is 102 Å². The molecule has 16 heavy (non-hydrogen) atoms. The molecule has 1 fully saturated rings. The van der Waals surface area contributed by atoms with Crippen LogP contribution >= 0.6 is 11.8 Å². The van der Waals surface area contributed by atoms with Crippen LogP contribution in [0.15, 0.2) is 23.1 Å². The van der Waals surface area contributed by atoms with E-state index in [1.165, 1.54) is 44.3 Å². The number of hydrogen-bond donors (Lipinski definition) is 1. The largest absolute Gasteiger partial charge is 0.325 e. The molecule has 2 aliphatic rings. The molecule has 0 unspecified atom stereocenters. The topological polar surface area (TPSA) is 26.0 Å². The fourth-order valence-electron chi connectivity index (χ4n) is 2.45. The van der Waals surface area contributed by atoms with Crippen LogP contribution in [0.2, 0.25) is 0 Å². The van der Waals surface area contributed by atoms with Crippen molar-refractivity contribution in [1.29, 1.82) is 0 Å². The lowest BCUT2D eigenvalue weighted by Gasteiger charge is -2.19. The van der Waals surface area contributed by atoms with Crippen molar-refractivity contribution in [3.8, 4) is 0 Å². The fraction of sp³-hybridized carbons (Fsp3) is 0.571. The predicted octanol–water partition coefficient (Wildman–Crippen LogP) is 3.15. The van der Waals surface area contributed by atoms with Gasteiger partial charge in [0, 0.05) is 10.4 Å². The van der Waals surface area contributed by atoms with E-state index < -0.39 is 0 Å². The molecule has 0 aromatic heterocycles. The van der Waals surface area contributed by atoms with Gasteiger partial charge in [-0.3, -0.25) is 0 Å². The average Bonchev–Trinajstić information content (AvgIpc) is 3.05. The minimum atomic E-state index is 0.196. The molecule has 1 saturated carbocycles. The van der Waals surface area contributed by atoms with Crippen molar-refractivity contribution < 1.29 is 0 Å². The van der Waals surface area contributed by atoms with Crippen molar-refractivity contribution >= 4 is 11.8 Å². The van der Waals surface area contributed by atoms with Crippen molar-refractivity contribution in [1.82, 2.24) is 0 Å². The molecule has 1 nitrogen and oxygen atoms in total. The van der Waals surface area contributed by atoms with Crippen LogP contribution in [0, 0.1) is 0 Å². The molecular formula is C14H19NS. The summed E-state index contributed by atoms with van der Waals surface area (Å²) in [5, 5.41) is 0. The van der Waals surface area contributed by atoms with E-state index in [-0.39, 0.29) is 5.54 Å². The van der Waals surface area contributed by atoms with Crippen LogP contribution in [0.3, 0.4) is 0 Å². The molecule has 1 aliphatic heterocycles. The lowest BCUT2D eigenvalue weighted by atomic mass is 10.00. The number of benzene rings is 1. The molecule has 0 radical (unpaired) electrons. The molecule has 2 N–H and O–H groups in total. The number of nitrogens with two attached hydrogens (primary N) is 1. The van der Waals surface area contributed by atoms with E-state index in [0.717, 1.165) is 0 Å². The van der Waals surface area contributed by atoms with Gasteiger partial charge in [0.1, 0.15) is 0 Å². The van der Waals surface area contributed by atoms with E-state index in [1.54, 1.807) is 16.0 Å². The molecular weight excluding hydrogens is 214 g/mol. The molecule has 2 heteroatoms. The highest BCUT2D eigenvalue weighted by Gasteiger charge is 2.37. The standard InChI is InChI=1S/C14H19NS/c15-14(8-9-14)7-6-12-4-1-3-11-5-2-10-16-13(11)12/h1,3-4H,2,5-10,15H2. The van der Waals surface area contributed by atoms with Crippen molar-refractivity contribution in [2.45, 2.75) is 49.0 Å². The minimum absolute atomic E-state index is 0.196. The van der Waals surface area contributed by atoms with Gasteiger partial charge < -0.3 is 5.73 Å². The first-order valence-corrected chi connectivity index (χ1v) is 7.28. The first-order chi connectivity index (χ1) is 7.77. The number of aryl methyl sites for hydroxylation is 2. The molecule has 86 valence electrons. The van der Waals surface area contributed by atoms with Gasteiger partial charge in [0.05, 0.1) is 0 Å². The van der Waals surface area contributed by atoms with Crippen LogP contribution in [0.5, 0.6) is 0 Å². The van der Waals surface area contributed by atoms with Crippen LogP contribution in [0.25, 0.3) is 0 Å². The van der Waals surface area contributed by atoms with E-state index in [2.05, 4.69) is 18.2 Å². The van der Waals surface area contributed by atoms with E-state index in [4.69, 9.17) is 5.73 Å². The van der Waals surface area contributed by atoms with Gasteiger partial charge in [-0.1, -0.05) is 18.2 Å². The second kappa shape index (κ2) is 4.08. The summed E-state index contributed by atoms with van der Waals surface area (Å²) in [7, 11) is 0. The third-order valence-electron chi connectivity index (χ3n) is 3.80. The lowest BCUT2D eigenvalue weighted by Crippen LogP contribution is -2.22. The van der Waals surface area contributed by atoms with Gasteiger partial charge >= 0.3 is 0 Å². The normalized spacial score (nSPS) is 21.6. The Bertz CT molecular complexity index is 396. The van der Waals surface area contributed by atoms with Crippen molar-refractivity contribution in [3.05, 3.63) is 29.3 Å². The minimum Gasteiger partial charge on any atom is -0.325 e. The molecule has 0 amide bonds. The highest BCUT2D eigenvalue weighted by Crippen LogP contribution is 2.39. The highest BCUT2D eigenvalue weighted by molar-refractivity contribution is 7.99. The Balaban J connectivity index is 1.78. The van der Waals surface area contributed by atoms with Crippen LogP contribution in [0.4, 0.5) is 0 Å². The maximum absolute atomic E-state index is 6.16. The monoisotopic (exact) mass is 233 g/mol. The summed E-state index contributed by atoms with van der Waals surface area (Å²) in [4.78, 5) is 1.57. The van der Waals surface area contributed by atoms with Crippen LogP contribution in [-0.4, -0.2) is 11.3 Å². The quantitative estimate of drug-likeness (QED) is 0.868. The van der Waals surface area contributed by atoms with Gasteiger partial charge in [-0.05, 0) is 55.4 Å². The number of fused-ring (bicyclic) bond motifs is 1. The Morgan fingerprint density at radius 3 is 3.00 bits per heavy atom. The molecule has 1 aliphatic carbocycles. The number of thioether (sulfide) groups is 1. The average molecular weight is 233 g/mol. The van der Waals surface area contributed by atoms with Gasteiger partial charge in [0.15, 0.2) is 0 Å². The Morgan fingerprint density at radius 1 is 1.31 bits per heavy atom. The third kappa shape index (κ3) is 2.14. The van der Waals surface area contributed by atoms with Crippen molar-refractivity contribution in [2.75, 3.05) is 5.75 Å². The van der Waals surface area contributed by atoms with Crippen LogP contribution in [-0.2, 0) is 12.8 Å².